The lowest BCUT2D eigenvalue weighted by Gasteiger charge is -2.18. The van der Waals surface area contributed by atoms with Crippen molar-refractivity contribution < 1.29 is 14.6 Å². The fourth-order valence-corrected chi connectivity index (χ4v) is 1.26. The minimum Gasteiger partial charge on any atom is -0.505 e. The van der Waals surface area contributed by atoms with E-state index < -0.39 is 23.7 Å². The van der Waals surface area contributed by atoms with Gasteiger partial charge in [0.05, 0.1) is 12.1 Å². The molecule has 0 aromatic heterocycles. The van der Waals surface area contributed by atoms with Gasteiger partial charge in [-0.2, -0.15) is 0 Å². The lowest BCUT2D eigenvalue weighted by Crippen LogP contribution is -2.25. The second kappa shape index (κ2) is 5.90. The molecule has 1 rings (SSSR count). The zero-order valence-corrected chi connectivity index (χ0v) is 9.17. The zero-order valence-electron chi connectivity index (χ0n) is 8.35. The van der Waals surface area contributed by atoms with Gasteiger partial charge >= 0.3 is 0 Å². The third-order valence-electron chi connectivity index (χ3n) is 2.21. The molecule has 0 heterocycles. The number of phenolic OH excluding ortho intramolecular Hbond substituents is 1. The lowest BCUT2D eigenvalue weighted by molar-refractivity contribution is 0.139. The van der Waals surface area contributed by atoms with Crippen LogP contribution in [-0.4, -0.2) is 16.3 Å². The van der Waals surface area contributed by atoms with Crippen molar-refractivity contribution in [3.05, 3.63) is 29.6 Å². The minimum absolute atomic E-state index is 0. The van der Waals surface area contributed by atoms with Crippen LogP contribution in [0.5, 0.6) is 5.75 Å². The van der Waals surface area contributed by atoms with Crippen molar-refractivity contribution in [2.24, 2.45) is 5.73 Å². The van der Waals surface area contributed by atoms with E-state index in [1.807, 2.05) is 0 Å². The summed E-state index contributed by atoms with van der Waals surface area (Å²) in [5, 5.41) is 18.8. The van der Waals surface area contributed by atoms with Gasteiger partial charge in [-0.15, -0.1) is 12.4 Å². The van der Waals surface area contributed by atoms with Crippen LogP contribution in [0.25, 0.3) is 0 Å². The molecular formula is C10H15ClFNO2. The van der Waals surface area contributed by atoms with Gasteiger partial charge in [0.1, 0.15) is 0 Å². The topological polar surface area (TPSA) is 66.5 Å². The Balaban J connectivity index is 0.00000196. The van der Waals surface area contributed by atoms with E-state index in [1.165, 1.54) is 12.1 Å². The Morgan fingerprint density at radius 2 is 2.07 bits per heavy atom. The summed E-state index contributed by atoms with van der Waals surface area (Å²) in [5.41, 5.74) is 5.88. The molecule has 5 heteroatoms. The number of nitrogens with two attached hydrogens (primary N) is 1. The number of rotatable bonds is 3. The van der Waals surface area contributed by atoms with Crippen LogP contribution >= 0.6 is 12.4 Å². The normalized spacial score (nSPS) is 14.1. The average molecular weight is 236 g/mol. The first-order valence-electron chi connectivity index (χ1n) is 4.49. The van der Waals surface area contributed by atoms with Crippen molar-refractivity contribution in [1.29, 1.82) is 0 Å². The molecule has 4 N–H and O–H groups in total. The first-order valence-corrected chi connectivity index (χ1v) is 4.49. The third-order valence-corrected chi connectivity index (χ3v) is 2.21. The Morgan fingerprint density at radius 3 is 2.60 bits per heavy atom. The highest BCUT2D eigenvalue weighted by Gasteiger charge is 2.19. The zero-order chi connectivity index (χ0) is 10.7. The molecular weight excluding hydrogens is 221 g/mol. The summed E-state index contributed by atoms with van der Waals surface area (Å²) in [4.78, 5) is 0. The van der Waals surface area contributed by atoms with Gasteiger partial charge in [0.2, 0.25) is 0 Å². The van der Waals surface area contributed by atoms with Gasteiger partial charge in [-0.25, -0.2) is 4.39 Å². The highest BCUT2D eigenvalue weighted by Crippen LogP contribution is 2.27. The molecule has 0 aliphatic heterocycles. The fraction of sp³-hybridized carbons (Fsp3) is 0.400. The molecule has 0 amide bonds. The summed E-state index contributed by atoms with van der Waals surface area (Å²) < 4.78 is 12.9. The minimum atomic E-state index is -0.775. The van der Waals surface area contributed by atoms with Gasteiger partial charge in [-0.1, -0.05) is 19.1 Å². The van der Waals surface area contributed by atoms with E-state index in [9.17, 15) is 14.6 Å². The number of hydrogen-bond acceptors (Lipinski definition) is 3. The molecule has 0 bridgehead atoms. The molecule has 0 aliphatic rings. The number of halogens is 2. The summed E-state index contributed by atoms with van der Waals surface area (Å²) in [6.45, 7) is 1.76. The highest BCUT2D eigenvalue weighted by atomic mass is 35.5. The van der Waals surface area contributed by atoms with Crippen LogP contribution in [0, 0.1) is 5.82 Å². The maximum atomic E-state index is 12.9. The number of aliphatic hydroxyl groups excluding tert-OH is 1. The van der Waals surface area contributed by atoms with E-state index in [0.717, 1.165) is 6.07 Å². The standard InChI is InChI=1S/C10H14FNO2.ClH/c1-2-8(13)9(12)6-4-3-5-7(11)10(6)14;/h3-5,8-9,13-14H,2,12H2,1H3;1H/t8-,9+;/m0./s1. The van der Waals surface area contributed by atoms with Crippen LogP contribution in [0.1, 0.15) is 24.9 Å². The largest absolute Gasteiger partial charge is 0.505 e. The second-order valence-electron chi connectivity index (χ2n) is 3.18. The van der Waals surface area contributed by atoms with E-state index in [-0.39, 0.29) is 18.0 Å². The Labute approximate surface area is 94.1 Å². The second-order valence-corrected chi connectivity index (χ2v) is 3.18. The first kappa shape index (κ1) is 14.2. The van der Waals surface area contributed by atoms with E-state index in [2.05, 4.69) is 0 Å². The van der Waals surface area contributed by atoms with E-state index in [4.69, 9.17) is 5.73 Å². The Kier molecular flexibility index (Phi) is 5.57. The van der Waals surface area contributed by atoms with Crippen molar-refractivity contribution in [3.8, 4) is 5.75 Å². The summed E-state index contributed by atoms with van der Waals surface area (Å²) in [6, 6.07) is 3.34. The molecule has 0 fully saturated rings. The Hall–Kier alpha value is -0.840. The number of aromatic hydroxyl groups is 1. The number of phenols is 1. The van der Waals surface area contributed by atoms with Crippen LogP contribution in [0.15, 0.2) is 18.2 Å². The van der Waals surface area contributed by atoms with E-state index >= 15 is 0 Å². The van der Waals surface area contributed by atoms with Gasteiger partial charge in [0.25, 0.3) is 0 Å². The molecule has 86 valence electrons. The maximum absolute atomic E-state index is 12.9. The molecule has 15 heavy (non-hydrogen) atoms. The molecule has 0 aliphatic carbocycles. The van der Waals surface area contributed by atoms with Crippen LogP contribution < -0.4 is 5.73 Å². The van der Waals surface area contributed by atoms with Crippen molar-refractivity contribution in [3.63, 3.8) is 0 Å². The quantitative estimate of drug-likeness (QED) is 0.748. The van der Waals surface area contributed by atoms with Crippen molar-refractivity contribution in [2.75, 3.05) is 0 Å². The van der Waals surface area contributed by atoms with Gasteiger partial charge in [-0.05, 0) is 12.5 Å². The van der Waals surface area contributed by atoms with Crippen molar-refractivity contribution in [2.45, 2.75) is 25.5 Å². The summed E-state index contributed by atoms with van der Waals surface area (Å²) in [7, 11) is 0. The molecule has 0 saturated heterocycles. The van der Waals surface area contributed by atoms with Crippen LogP contribution in [0.3, 0.4) is 0 Å². The lowest BCUT2D eigenvalue weighted by atomic mass is 9.99. The van der Waals surface area contributed by atoms with Gasteiger partial charge in [0, 0.05) is 5.56 Å². The average Bonchev–Trinajstić information content (AvgIpc) is 2.20. The number of hydrogen-bond donors (Lipinski definition) is 3. The van der Waals surface area contributed by atoms with E-state index in [1.54, 1.807) is 6.92 Å². The van der Waals surface area contributed by atoms with Crippen molar-refractivity contribution in [1.82, 2.24) is 0 Å². The van der Waals surface area contributed by atoms with Gasteiger partial charge in [0.15, 0.2) is 11.6 Å². The molecule has 0 unspecified atom stereocenters. The molecule has 2 atom stereocenters. The van der Waals surface area contributed by atoms with Crippen molar-refractivity contribution >= 4 is 12.4 Å². The molecule has 0 radical (unpaired) electrons. The molecule has 1 aromatic carbocycles. The predicted octanol–water partition coefficient (Wildman–Crippen LogP) is 1.72. The smallest absolute Gasteiger partial charge is 0.165 e. The summed E-state index contributed by atoms with van der Waals surface area (Å²) >= 11 is 0. The number of aliphatic hydroxyl groups is 1. The first-order chi connectivity index (χ1) is 6.57. The number of benzene rings is 1. The van der Waals surface area contributed by atoms with Gasteiger partial charge < -0.3 is 15.9 Å². The molecule has 3 nitrogen and oxygen atoms in total. The Bertz CT molecular complexity index is 322. The Morgan fingerprint density at radius 1 is 1.47 bits per heavy atom. The van der Waals surface area contributed by atoms with Gasteiger partial charge in [-0.3, -0.25) is 0 Å². The van der Waals surface area contributed by atoms with Crippen LogP contribution in [0.2, 0.25) is 0 Å². The fourth-order valence-electron chi connectivity index (χ4n) is 1.26. The molecule has 0 saturated carbocycles. The summed E-state index contributed by atoms with van der Waals surface area (Å²) in [5.74, 6) is -1.20. The molecule has 0 spiro atoms. The third kappa shape index (κ3) is 3.06. The predicted molar refractivity (Wildman–Crippen MR) is 58.5 cm³/mol. The van der Waals surface area contributed by atoms with Crippen LogP contribution in [-0.2, 0) is 0 Å². The monoisotopic (exact) mass is 235 g/mol. The van der Waals surface area contributed by atoms with E-state index in [0.29, 0.717) is 6.42 Å². The molecule has 1 aromatic rings. The summed E-state index contributed by atoms with van der Waals surface area (Å²) in [6.07, 6.45) is -0.320. The number of para-hydroxylation sites is 1. The highest BCUT2D eigenvalue weighted by molar-refractivity contribution is 5.85. The SMILES string of the molecule is CC[C@H](O)[C@H](N)c1cccc(F)c1O.Cl. The van der Waals surface area contributed by atoms with Crippen LogP contribution in [0.4, 0.5) is 4.39 Å². The maximum Gasteiger partial charge on any atom is 0.165 e.